The Labute approximate surface area is 743 Å². The Morgan fingerprint density at radius 2 is 0.667 bits per heavy atom. The van der Waals surface area contributed by atoms with Crippen molar-refractivity contribution < 1.29 is 95.6 Å². The molecule has 19 N–H and O–H groups in total. The highest BCUT2D eigenvalue weighted by molar-refractivity contribution is 7.47. The number of phosphoric ester groups is 4. The van der Waals surface area contributed by atoms with Gasteiger partial charge in [-0.05, 0) is 128 Å². The van der Waals surface area contributed by atoms with Crippen LogP contribution < -0.4 is 41.0 Å². The van der Waals surface area contributed by atoms with Crippen LogP contribution in [0.5, 0.6) is 40.2 Å². The lowest BCUT2D eigenvalue weighted by Crippen LogP contribution is -2.08. The average molecular weight is 1860 g/mol. The molecule has 8 aromatic heterocycles. The van der Waals surface area contributed by atoms with Crippen LogP contribution in [0.1, 0.15) is 137 Å². The Hall–Kier alpha value is -12.4. The van der Waals surface area contributed by atoms with E-state index in [0.29, 0.717) is 101 Å². The number of aryl methyl sites for hydroxylation is 5. The topological polar surface area (TPSA) is 572 Å². The molecule has 36 nitrogen and oxygen atoms in total. The molecule has 676 valence electrons. The number of imidazole rings is 4. The SMILES string of the molecule is CCCCc1nc2c(N)nc3ccccc3c2n1Cc1cc(O)ccc1OP(=O)(O)O.CCCCc1nc2c(N)nc3ccccc3c2n1Cc1cc(OP(=O)(O)O)ccc1O.CCCCc1nc2c(N)nc3ccccc3c2n1Cc1cc(OP(=O)(O)O)ccc1OP(=O)(O)O.CCCCc1nc2c(N)nc3ccccc3c2n1Cc1ccc(O)c(CCC(=O)CCl)c1. The van der Waals surface area contributed by atoms with Gasteiger partial charge < -0.3 is 74.6 Å². The molecule has 0 unspecified atom stereocenters. The number of para-hydroxylation sites is 4. The summed E-state index contributed by atoms with van der Waals surface area (Å²) in [5, 5.41) is 34.2. The molecule has 0 spiro atoms. The molecule has 8 heterocycles. The molecular weight excluding hydrogens is 1760 g/mol. The standard InChI is InChI=1S/C25H27ClN4O2.C21H24N4O8P2.2C21H23N4O5P/c1-2-3-8-22-29-23-24(19-6-4-5-7-20(19)28-25(23)27)30(22)15-16-9-12-21(32)17(13-16)10-11-18(31)14-26;1-2-3-8-18-24-19-20(15-6-4-5-7-16(15)23-21(19)22)25(18)12-13-11-14(32-34(26,27)28)9-10-17(13)33-35(29,30)31;1-2-3-8-18-24-19-20(15-6-4-5-7-16(15)23-21(19)22)25(18)12-13-11-14(9-10-17(13)26)30-31(27,28)29;1-2-3-8-18-24-19-20(15-6-4-5-7-16(15)23-21(19)22)25(18)12-13-11-14(26)9-10-17(13)30-31(27,28)29/h4-7,9,12-13,32H,2-3,8,10-11,14-15H2,1H3,(H2,27,28);4-7,9-11H,2-3,8,12H2,1H3,(H2,22,23)(H2,26,27,28)(H2,29,30,31);2*4-7,9-11,26H,2-3,8,12H2,1H3,(H2,22,23)(H2,27,28,29). The van der Waals surface area contributed by atoms with Crippen molar-refractivity contribution in [3.05, 3.63) is 221 Å². The number of nitrogens with zero attached hydrogens (tertiary/aromatic N) is 12. The van der Waals surface area contributed by atoms with E-state index in [1.54, 1.807) is 6.07 Å². The Balaban J connectivity index is 0.000000147. The summed E-state index contributed by atoms with van der Waals surface area (Å²) in [7, 11) is -19.3. The third kappa shape index (κ3) is 23.0. The van der Waals surface area contributed by atoms with Gasteiger partial charge in [0.25, 0.3) is 0 Å². The molecule has 0 bridgehead atoms. The lowest BCUT2D eigenvalue weighted by atomic mass is 10.0. The Morgan fingerprint density at radius 3 is 1.02 bits per heavy atom. The van der Waals surface area contributed by atoms with Crippen LogP contribution in [0.4, 0.5) is 23.3 Å². The van der Waals surface area contributed by atoms with Gasteiger partial charge in [0.2, 0.25) is 0 Å². The number of nitrogen functional groups attached to an aromatic ring is 4. The van der Waals surface area contributed by atoms with Gasteiger partial charge in [-0.3, -0.25) is 43.9 Å². The molecule has 0 saturated heterocycles. The number of rotatable bonds is 32. The molecule has 16 rings (SSSR count). The number of hydrogen-bond donors (Lipinski definition) is 15. The summed E-state index contributed by atoms with van der Waals surface area (Å²) in [6.45, 7) is 9.34. The fourth-order valence-corrected chi connectivity index (χ4v) is 17.0. The molecule has 0 aliphatic carbocycles. The van der Waals surface area contributed by atoms with Crippen molar-refractivity contribution in [2.75, 3.05) is 28.8 Å². The van der Waals surface area contributed by atoms with Gasteiger partial charge in [-0.15, -0.1) is 11.6 Å². The highest BCUT2D eigenvalue weighted by atomic mass is 35.5. The summed E-state index contributed by atoms with van der Waals surface area (Å²) in [5.74, 6) is 4.17. The van der Waals surface area contributed by atoms with E-state index in [1.165, 1.54) is 48.5 Å². The number of phenolic OH excluding ortho intramolecular Hbond substituents is 3. The number of unbranched alkanes of at least 4 members (excludes halogenated alkanes) is 4. The molecule has 0 aliphatic rings. The molecule has 0 radical (unpaired) electrons. The lowest BCUT2D eigenvalue weighted by molar-refractivity contribution is -0.116. The van der Waals surface area contributed by atoms with Gasteiger partial charge in [-0.2, -0.15) is 0 Å². The average Bonchev–Trinajstić information content (AvgIpc) is 1.63. The van der Waals surface area contributed by atoms with Crippen LogP contribution in [-0.2, 0) is 81.3 Å². The number of ketones is 1. The number of alkyl halides is 1. The van der Waals surface area contributed by atoms with Gasteiger partial charge in [0.15, 0.2) is 23.3 Å². The minimum atomic E-state index is -4.93. The van der Waals surface area contributed by atoms with Gasteiger partial charge in [-0.25, -0.2) is 58.1 Å². The predicted octanol–water partition coefficient (Wildman–Crippen LogP) is 16.0. The summed E-state index contributed by atoms with van der Waals surface area (Å²) >= 11 is 5.62. The van der Waals surface area contributed by atoms with Crippen LogP contribution in [0.15, 0.2) is 170 Å². The molecule has 0 saturated carbocycles. The second kappa shape index (κ2) is 40.5. The Bertz CT molecular complexity index is 7070. The maximum atomic E-state index is 11.6. The molecule has 0 fully saturated rings. The van der Waals surface area contributed by atoms with Gasteiger partial charge in [0, 0.05) is 76.9 Å². The normalized spacial score (nSPS) is 11.9. The summed E-state index contributed by atoms with van der Waals surface area (Å²) in [6.07, 6.45) is 11.2. The summed E-state index contributed by atoms with van der Waals surface area (Å²) in [6, 6.07) is 47.8. The Kier molecular flexibility index (Phi) is 29.6. The van der Waals surface area contributed by atoms with Gasteiger partial charge >= 0.3 is 31.3 Å². The highest BCUT2D eigenvalue weighted by Gasteiger charge is 2.29. The minimum Gasteiger partial charge on any atom is -0.508 e. The van der Waals surface area contributed by atoms with E-state index in [-0.39, 0.29) is 82.9 Å². The number of Topliss-reactive ketones (excluding diaryl/α,β-unsaturated/α-hetero) is 1. The van der Waals surface area contributed by atoms with Crippen molar-refractivity contribution in [1.82, 2.24) is 58.1 Å². The predicted molar refractivity (Wildman–Crippen MR) is 494 cm³/mol. The minimum absolute atomic E-state index is 0.00329. The number of fused-ring (bicyclic) bond motifs is 12. The van der Waals surface area contributed by atoms with Crippen LogP contribution in [0.2, 0.25) is 0 Å². The van der Waals surface area contributed by atoms with Crippen molar-refractivity contribution in [3.8, 4) is 40.2 Å². The monoisotopic (exact) mass is 1860 g/mol. The third-order valence-corrected chi connectivity index (χ3v) is 23.1. The molecule has 129 heavy (non-hydrogen) atoms. The fourth-order valence-electron chi connectivity index (χ4n) is 15.3. The molecule has 8 aromatic carbocycles. The first-order chi connectivity index (χ1) is 61.5. The third-order valence-electron chi connectivity index (χ3n) is 21.1. The van der Waals surface area contributed by atoms with E-state index in [1.807, 2.05) is 130 Å². The summed E-state index contributed by atoms with van der Waals surface area (Å²) < 4.78 is 72.7. The maximum absolute atomic E-state index is 11.6. The lowest BCUT2D eigenvalue weighted by Gasteiger charge is -2.17. The zero-order chi connectivity index (χ0) is 92.4. The van der Waals surface area contributed by atoms with E-state index in [4.69, 9.17) is 73.3 Å². The Morgan fingerprint density at radius 1 is 0.357 bits per heavy atom. The second-order valence-corrected chi connectivity index (χ2v) is 35.5. The summed E-state index contributed by atoms with van der Waals surface area (Å²) in [4.78, 5) is 123. The van der Waals surface area contributed by atoms with Crippen LogP contribution >= 0.6 is 42.9 Å². The molecular formula is C88H97ClN16O20P4. The number of hydrogen-bond acceptors (Lipinski definition) is 24. The molecule has 41 heteroatoms. The number of anilines is 4. The largest absolute Gasteiger partial charge is 0.524 e. The molecule has 0 amide bonds. The van der Waals surface area contributed by atoms with E-state index < -0.39 is 31.3 Å². The molecule has 0 aliphatic heterocycles. The number of carbonyl (C=O) groups excluding carboxylic acids is 1. The van der Waals surface area contributed by atoms with Gasteiger partial charge in [0.1, 0.15) is 91.4 Å². The number of halogens is 1. The fraction of sp³-hybridized carbons (Fsp3) is 0.261. The van der Waals surface area contributed by atoms with E-state index in [0.717, 1.165) is 153 Å². The number of phosphoric acid groups is 4. The zero-order valence-corrected chi connectivity index (χ0v) is 74.9. The van der Waals surface area contributed by atoms with E-state index in [2.05, 4.69) is 54.3 Å². The van der Waals surface area contributed by atoms with Crippen molar-refractivity contribution >= 4 is 160 Å². The van der Waals surface area contributed by atoms with Gasteiger partial charge in [-0.1, -0.05) is 138 Å². The number of nitrogens with two attached hydrogens (primary N) is 4. The van der Waals surface area contributed by atoms with Crippen molar-refractivity contribution in [2.24, 2.45) is 0 Å². The van der Waals surface area contributed by atoms with Crippen molar-refractivity contribution in [1.29, 1.82) is 0 Å². The molecule has 0 atom stereocenters. The first kappa shape index (κ1) is 94.3. The van der Waals surface area contributed by atoms with Crippen LogP contribution in [0.25, 0.3) is 87.7 Å². The quantitative estimate of drug-likeness (QED) is 0.0137. The van der Waals surface area contributed by atoms with Crippen molar-refractivity contribution in [2.45, 2.75) is 144 Å². The number of aromatic nitrogens is 12. The maximum Gasteiger partial charge on any atom is 0.524 e. The molecule has 16 aromatic rings. The van der Waals surface area contributed by atoms with Crippen LogP contribution in [-0.4, -0.2) is 124 Å². The number of benzene rings is 8. The van der Waals surface area contributed by atoms with Crippen molar-refractivity contribution in [3.63, 3.8) is 0 Å². The highest BCUT2D eigenvalue weighted by Crippen LogP contribution is 2.47. The summed E-state index contributed by atoms with van der Waals surface area (Å²) in [5.41, 5.74) is 36.3. The number of aromatic hydroxyl groups is 3. The number of carbonyl (C=O) groups is 1. The van der Waals surface area contributed by atoms with Crippen LogP contribution in [0.3, 0.4) is 0 Å². The van der Waals surface area contributed by atoms with Gasteiger partial charge in [0.05, 0.1) is 69.6 Å². The second-order valence-electron chi connectivity index (χ2n) is 30.5. The first-order valence-corrected chi connectivity index (χ1v) is 47.9. The first-order valence-electron chi connectivity index (χ1n) is 41.3. The van der Waals surface area contributed by atoms with Crippen LogP contribution in [0, 0.1) is 0 Å². The van der Waals surface area contributed by atoms with E-state index in [9.17, 15) is 67.7 Å². The zero-order valence-electron chi connectivity index (χ0n) is 70.5. The smallest absolute Gasteiger partial charge is 0.508 e. The number of pyridine rings is 4. The van der Waals surface area contributed by atoms with E-state index >= 15 is 0 Å². The number of phenols is 3.